The van der Waals surface area contributed by atoms with Gasteiger partial charge >= 0.3 is 0 Å². The Morgan fingerprint density at radius 2 is 2.04 bits per heavy atom. The number of hydrogen-bond donors (Lipinski definition) is 3. The van der Waals surface area contributed by atoms with Gasteiger partial charge in [-0.05, 0) is 24.8 Å². The van der Waals surface area contributed by atoms with E-state index in [0.717, 1.165) is 24.2 Å². The normalized spacial score (nSPS) is 17.6. The Bertz CT molecular complexity index is 566. The zero-order valence-electron chi connectivity index (χ0n) is 14.1. The highest BCUT2D eigenvalue weighted by atomic mass is 35.5. The highest BCUT2D eigenvalue weighted by Crippen LogP contribution is 2.30. The van der Waals surface area contributed by atoms with Crippen LogP contribution in [0.2, 0.25) is 0 Å². The second-order valence-electron chi connectivity index (χ2n) is 6.14. The van der Waals surface area contributed by atoms with Crippen LogP contribution in [0.15, 0.2) is 24.3 Å². The Balaban J connectivity index is 0.00000288. The van der Waals surface area contributed by atoms with E-state index >= 15 is 0 Å². The molecule has 7 heteroatoms. The van der Waals surface area contributed by atoms with E-state index in [9.17, 15) is 9.59 Å². The minimum absolute atomic E-state index is 0. The molecule has 0 aliphatic carbocycles. The molecule has 0 spiro atoms. The Morgan fingerprint density at radius 3 is 2.75 bits per heavy atom. The third-order valence-corrected chi connectivity index (χ3v) is 3.97. The lowest BCUT2D eigenvalue weighted by Crippen LogP contribution is -2.47. The molecule has 134 valence electrons. The Hall–Kier alpha value is -1.79. The first-order chi connectivity index (χ1) is 11.0. The third-order valence-electron chi connectivity index (χ3n) is 3.97. The number of benzene rings is 1. The number of fused-ring (bicyclic) bond motifs is 1. The molecule has 1 aromatic rings. The van der Waals surface area contributed by atoms with Gasteiger partial charge in [0, 0.05) is 5.56 Å². The van der Waals surface area contributed by atoms with E-state index in [4.69, 9.17) is 10.5 Å². The quantitative estimate of drug-likeness (QED) is 0.746. The molecule has 1 aromatic carbocycles. The average molecular weight is 356 g/mol. The summed E-state index contributed by atoms with van der Waals surface area (Å²) in [5, 5.41) is 5.55. The lowest BCUT2D eigenvalue weighted by Gasteiger charge is -2.19. The van der Waals surface area contributed by atoms with E-state index in [-0.39, 0.29) is 42.7 Å². The van der Waals surface area contributed by atoms with Crippen molar-refractivity contribution in [2.45, 2.75) is 38.8 Å². The zero-order valence-corrected chi connectivity index (χ0v) is 14.9. The molecule has 0 saturated heterocycles. The lowest BCUT2D eigenvalue weighted by atomic mass is 10.0. The van der Waals surface area contributed by atoms with Crippen molar-refractivity contribution in [2.75, 3.05) is 13.2 Å². The van der Waals surface area contributed by atoms with Crippen molar-refractivity contribution in [3.63, 3.8) is 0 Å². The van der Waals surface area contributed by atoms with Crippen LogP contribution in [0, 0.1) is 5.92 Å². The summed E-state index contributed by atoms with van der Waals surface area (Å²) in [6, 6.07) is 7.00. The third kappa shape index (κ3) is 5.39. The van der Waals surface area contributed by atoms with Crippen LogP contribution in [-0.2, 0) is 9.59 Å². The van der Waals surface area contributed by atoms with Crippen LogP contribution in [0.3, 0.4) is 0 Å². The number of nitrogens with two attached hydrogens (primary N) is 1. The number of carbonyl (C=O) groups is 2. The highest BCUT2D eigenvalue weighted by Gasteiger charge is 2.22. The second-order valence-corrected chi connectivity index (χ2v) is 6.14. The maximum absolute atomic E-state index is 12.1. The number of rotatable bonds is 5. The van der Waals surface area contributed by atoms with Crippen molar-refractivity contribution in [1.29, 1.82) is 0 Å². The van der Waals surface area contributed by atoms with Crippen LogP contribution < -0.4 is 21.1 Å². The summed E-state index contributed by atoms with van der Waals surface area (Å²) in [4.78, 5) is 23.9. The van der Waals surface area contributed by atoms with E-state index in [1.807, 2.05) is 38.1 Å². The molecule has 4 N–H and O–H groups in total. The molecule has 0 saturated carbocycles. The van der Waals surface area contributed by atoms with Gasteiger partial charge in [0.2, 0.25) is 11.8 Å². The summed E-state index contributed by atoms with van der Waals surface area (Å²) in [5.41, 5.74) is 6.73. The first-order valence-corrected chi connectivity index (χ1v) is 8.03. The monoisotopic (exact) mass is 355 g/mol. The molecular formula is C17H26ClN3O3. The first-order valence-electron chi connectivity index (χ1n) is 8.03. The van der Waals surface area contributed by atoms with Gasteiger partial charge < -0.3 is 21.1 Å². The standard InChI is InChI=1S/C17H25N3O3.ClH/c1-11(2)16(18)17(22)19-10-15(21)20-13-7-5-9-23-14-8-4-3-6-12(13)14;/h3-4,6,8,11,13,16H,5,7,9-10,18H2,1-2H3,(H,19,22)(H,20,21);1H/t13?,16-;/m0./s1. The molecule has 1 aliphatic heterocycles. The summed E-state index contributed by atoms with van der Waals surface area (Å²) in [6.07, 6.45) is 1.67. The minimum Gasteiger partial charge on any atom is -0.493 e. The largest absolute Gasteiger partial charge is 0.493 e. The van der Waals surface area contributed by atoms with Crippen molar-refractivity contribution in [3.8, 4) is 5.75 Å². The van der Waals surface area contributed by atoms with Gasteiger partial charge in [0.25, 0.3) is 0 Å². The second kappa shape index (κ2) is 9.49. The maximum Gasteiger partial charge on any atom is 0.239 e. The van der Waals surface area contributed by atoms with Gasteiger partial charge in [-0.1, -0.05) is 32.0 Å². The summed E-state index contributed by atoms with van der Waals surface area (Å²) < 4.78 is 5.68. The van der Waals surface area contributed by atoms with Crippen LogP contribution in [0.25, 0.3) is 0 Å². The van der Waals surface area contributed by atoms with E-state index in [1.165, 1.54) is 0 Å². The van der Waals surface area contributed by atoms with Crippen LogP contribution >= 0.6 is 12.4 Å². The predicted molar refractivity (Wildman–Crippen MR) is 95.1 cm³/mol. The topological polar surface area (TPSA) is 93.5 Å². The van der Waals surface area contributed by atoms with Crippen molar-refractivity contribution in [1.82, 2.24) is 10.6 Å². The van der Waals surface area contributed by atoms with Gasteiger partial charge in [-0.3, -0.25) is 9.59 Å². The van der Waals surface area contributed by atoms with E-state index in [0.29, 0.717) is 6.61 Å². The number of halogens is 1. The number of amides is 2. The van der Waals surface area contributed by atoms with Crippen molar-refractivity contribution < 1.29 is 14.3 Å². The van der Waals surface area contributed by atoms with Crippen LogP contribution in [0.4, 0.5) is 0 Å². The summed E-state index contributed by atoms with van der Waals surface area (Å²) >= 11 is 0. The number of carbonyl (C=O) groups excluding carboxylic acids is 2. The Labute approximate surface area is 148 Å². The molecule has 0 fully saturated rings. The van der Waals surface area contributed by atoms with E-state index in [1.54, 1.807) is 0 Å². The Morgan fingerprint density at radius 1 is 1.33 bits per heavy atom. The smallest absolute Gasteiger partial charge is 0.239 e. The molecule has 6 nitrogen and oxygen atoms in total. The van der Waals surface area contributed by atoms with Crippen LogP contribution in [-0.4, -0.2) is 31.0 Å². The number of para-hydroxylation sites is 1. The van der Waals surface area contributed by atoms with Gasteiger partial charge in [0.15, 0.2) is 0 Å². The molecule has 2 amide bonds. The van der Waals surface area contributed by atoms with Gasteiger partial charge in [0.1, 0.15) is 5.75 Å². The average Bonchev–Trinajstić information content (AvgIpc) is 2.74. The first kappa shape index (κ1) is 20.3. The number of hydrogen-bond acceptors (Lipinski definition) is 4. The van der Waals surface area contributed by atoms with Gasteiger partial charge in [-0.2, -0.15) is 0 Å². The van der Waals surface area contributed by atoms with E-state index in [2.05, 4.69) is 10.6 Å². The van der Waals surface area contributed by atoms with Crippen molar-refractivity contribution >= 4 is 24.2 Å². The van der Waals surface area contributed by atoms with E-state index < -0.39 is 6.04 Å². The molecule has 2 rings (SSSR count). The molecule has 1 aliphatic rings. The summed E-state index contributed by atoms with van der Waals surface area (Å²) in [5.74, 6) is 0.306. The van der Waals surface area contributed by atoms with Crippen LogP contribution in [0.5, 0.6) is 5.75 Å². The SMILES string of the molecule is CC(C)[C@H](N)C(=O)NCC(=O)NC1CCCOc2ccccc21.Cl. The van der Waals surface area contributed by atoms with Crippen LogP contribution in [0.1, 0.15) is 38.3 Å². The molecule has 0 aromatic heterocycles. The zero-order chi connectivity index (χ0) is 16.8. The molecule has 24 heavy (non-hydrogen) atoms. The van der Waals surface area contributed by atoms with Crippen molar-refractivity contribution in [2.24, 2.45) is 11.7 Å². The number of ether oxygens (including phenoxy) is 1. The number of nitrogens with one attached hydrogen (secondary N) is 2. The predicted octanol–water partition coefficient (Wildman–Crippen LogP) is 1.54. The molecule has 0 bridgehead atoms. The minimum atomic E-state index is -0.602. The fourth-order valence-electron chi connectivity index (χ4n) is 2.51. The van der Waals surface area contributed by atoms with Gasteiger partial charge in [-0.15, -0.1) is 12.4 Å². The summed E-state index contributed by atoms with van der Waals surface area (Å²) in [6.45, 7) is 4.31. The summed E-state index contributed by atoms with van der Waals surface area (Å²) in [7, 11) is 0. The van der Waals surface area contributed by atoms with Gasteiger partial charge in [0.05, 0.1) is 25.2 Å². The molecule has 1 heterocycles. The molecule has 2 atom stereocenters. The molecule has 1 unspecified atom stereocenters. The fraction of sp³-hybridized carbons (Fsp3) is 0.529. The van der Waals surface area contributed by atoms with Crippen molar-refractivity contribution in [3.05, 3.63) is 29.8 Å². The maximum atomic E-state index is 12.1. The Kier molecular flexibility index (Phi) is 8.01. The highest BCUT2D eigenvalue weighted by molar-refractivity contribution is 5.87. The molecule has 0 radical (unpaired) electrons. The lowest BCUT2D eigenvalue weighted by molar-refractivity contribution is -0.127. The fourth-order valence-corrected chi connectivity index (χ4v) is 2.51. The van der Waals surface area contributed by atoms with Gasteiger partial charge in [-0.25, -0.2) is 0 Å². The molecular weight excluding hydrogens is 330 g/mol.